The van der Waals surface area contributed by atoms with Gasteiger partial charge in [-0.05, 0) is 31.7 Å². The zero-order valence-electron chi connectivity index (χ0n) is 10.4. The summed E-state index contributed by atoms with van der Waals surface area (Å²) in [6.45, 7) is 6.88. The first-order chi connectivity index (χ1) is 7.40. The molecule has 0 fully saturated rings. The molecule has 0 atom stereocenters. The summed E-state index contributed by atoms with van der Waals surface area (Å²) in [4.78, 5) is 11.1. The van der Waals surface area contributed by atoms with Gasteiger partial charge in [0.25, 0.3) is 0 Å². The molecule has 3 nitrogen and oxygen atoms in total. The average molecular weight is 250 g/mol. The summed E-state index contributed by atoms with van der Waals surface area (Å²) in [6.07, 6.45) is 1.21. The Bertz CT molecular complexity index is 315. The Morgan fingerprint density at radius 1 is 1.25 bits per heavy atom. The highest BCUT2D eigenvalue weighted by Crippen LogP contribution is 2.46. The van der Waals surface area contributed by atoms with Crippen molar-refractivity contribution in [3.8, 4) is 0 Å². The predicted octanol–water partition coefficient (Wildman–Crippen LogP) is 3.20. The maximum absolute atomic E-state index is 13.5. The summed E-state index contributed by atoms with van der Waals surface area (Å²) in [5.74, 6) is -1.86. The summed E-state index contributed by atoms with van der Waals surface area (Å²) < 4.78 is 30.1. The van der Waals surface area contributed by atoms with Crippen LogP contribution in [0.1, 0.15) is 27.7 Å². The number of carbonyl (C=O) groups excluding carboxylic acids is 1. The van der Waals surface area contributed by atoms with Crippen LogP contribution >= 0.6 is 7.14 Å². The molecule has 0 aromatic heterocycles. The van der Waals surface area contributed by atoms with Gasteiger partial charge in [-0.3, -0.25) is 0 Å². The fourth-order valence-corrected chi connectivity index (χ4v) is 3.22. The van der Waals surface area contributed by atoms with Gasteiger partial charge in [-0.2, -0.15) is 4.39 Å². The monoisotopic (exact) mass is 250 g/mol. The first kappa shape index (κ1) is 15.4. The Kier molecular flexibility index (Phi) is 6.58. The number of rotatable bonds is 6. The molecular formula is C11H20FO3P. The van der Waals surface area contributed by atoms with E-state index in [1.807, 2.05) is 13.8 Å². The number of hydrogen-bond donors (Lipinski definition) is 0. The van der Waals surface area contributed by atoms with Crippen LogP contribution in [0.4, 0.5) is 4.39 Å². The quantitative estimate of drug-likeness (QED) is 0.413. The van der Waals surface area contributed by atoms with Gasteiger partial charge in [-0.25, -0.2) is 4.79 Å². The van der Waals surface area contributed by atoms with Crippen molar-refractivity contribution < 1.29 is 18.5 Å². The Hall–Kier alpha value is -0.630. The second-order valence-electron chi connectivity index (χ2n) is 3.66. The molecule has 94 valence electrons. The van der Waals surface area contributed by atoms with Crippen LogP contribution in [0.25, 0.3) is 0 Å². The summed E-state index contributed by atoms with van der Waals surface area (Å²) in [5.41, 5.74) is 0.227. The van der Waals surface area contributed by atoms with Gasteiger partial charge in [-0.1, -0.05) is 13.8 Å². The molecule has 0 N–H and O–H groups in total. The van der Waals surface area contributed by atoms with Gasteiger partial charge in [0.2, 0.25) is 5.83 Å². The third-order valence-electron chi connectivity index (χ3n) is 2.51. The number of allylic oxidation sites excluding steroid dienone is 1. The lowest BCUT2D eigenvalue weighted by atomic mass is 10.3. The van der Waals surface area contributed by atoms with Gasteiger partial charge in [0, 0.05) is 6.16 Å². The summed E-state index contributed by atoms with van der Waals surface area (Å²) in [7, 11) is -2.36. The van der Waals surface area contributed by atoms with E-state index in [2.05, 4.69) is 4.74 Å². The summed E-state index contributed by atoms with van der Waals surface area (Å²) >= 11 is 0. The van der Waals surface area contributed by atoms with Crippen LogP contribution in [0, 0.1) is 0 Å². The van der Waals surface area contributed by atoms with E-state index >= 15 is 0 Å². The Labute approximate surface area is 96.4 Å². The van der Waals surface area contributed by atoms with Crippen molar-refractivity contribution in [3.05, 3.63) is 11.4 Å². The van der Waals surface area contributed by atoms with Crippen LogP contribution in [0.2, 0.25) is 0 Å². The van der Waals surface area contributed by atoms with E-state index in [9.17, 15) is 13.8 Å². The van der Waals surface area contributed by atoms with Gasteiger partial charge in [-0.15, -0.1) is 0 Å². The molecule has 0 rings (SSSR count). The molecule has 0 saturated heterocycles. The maximum Gasteiger partial charge on any atom is 0.367 e. The van der Waals surface area contributed by atoms with E-state index in [1.54, 1.807) is 6.92 Å². The third-order valence-corrected chi connectivity index (χ3v) is 5.86. The first-order valence-electron chi connectivity index (χ1n) is 5.49. The number of hydrogen-bond acceptors (Lipinski definition) is 3. The number of carbonyl (C=O) groups is 1. The van der Waals surface area contributed by atoms with Gasteiger partial charge in [0.1, 0.15) is 0 Å². The molecule has 0 aliphatic heterocycles. The van der Waals surface area contributed by atoms with Gasteiger partial charge in [0.15, 0.2) is 0 Å². The molecule has 0 spiro atoms. The fraction of sp³-hybridized carbons (Fsp3) is 0.727. The Morgan fingerprint density at radius 2 is 1.75 bits per heavy atom. The highest BCUT2D eigenvalue weighted by atomic mass is 31.2. The highest BCUT2D eigenvalue weighted by Gasteiger charge is 2.22. The van der Waals surface area contributed by atoms with Gasteiger partial charge < -0.3 is 9.30 Å². The van der Waals surface area contributed by atoms with Crippen LogP contribution in [-0.2, 0) is 14.1 Å². The van der Waals surface area contributed by atoms with Crippen molar-refractivity contribution >= 4 is 13.1 Å². The lowest BCUT2D eigenvalue weighted by molar-refractivity contribution is -0.140. The number of esters is 1. The van der Waals surface area contributed by atoms with Crippen molar-refractivity contribution in [1.82, 2.24) is 0 Å². The van der Waals surface area contributed by atoms with Crippen LogP contribution in [0.15, 0.2) is 11.4 Å². The van der Waals surface area contributed by atoms with E-state index in [1.165, 1.54) is 6.92 Å². The van der Waals surface area contributed by atoms with Crippen LogP contribution in [0.3, 0.4) is 0 Å². The number of ether oxygens (including phenoxy) is 1. The van der Waals surface area contributed by atoms with Gasteiger partial charge in [0.05, 0.1) is 13.7 Å². The minimum atomic E-state index is -2.36. The molecule has 16 heavy (non-hydrogen) atoms. The molecule has 0 aromatic rings. The van der Waals surface area contributed by atoms with E-state index in [-0.39, 0.29) is 18.3 Å². The van der Waals surface area contributed by atoms with Crippen LogP contribution < -0.4 is 0 Å². The smallest absolute Gasteiger partial charge is 0.367 e. The molecule has 0 aliphatic carbocycles. The topological polar surface area (TPSA) is 43.4 Å². The molecule has 0 aromatic carbocycles. The van der Waals surface area contributed by atoms with E-state index in [0.717, 1.165) is 0 Å². The molecule has 0 radical (unpaired) electrons. The molecule has 0 heterocycles. The van der Waals surface area contributed by atoms with Crippen molar-refractivity contribution in [2.75, 3.05) is 25.1 Å². The maximum atomic E-state index is 13.5. The molecule has 5 heteroatoms. The lowest BCUT2D eigenvalue weighted by Crippen LogP contribution is -2.08. The highest BCUT2D eigenvalue weighted by molar-refractivity contribution is 7.64. The lowest BCUT2D eigenvalue weighted by Gasteiger charge is -2.14. The minimum absolute atomic E-state index is 0.138. The first-order valence-corrected chi connectivity index (χ1v) is 7.75. The SMILES string of the molecule is CCOC(=O)C(F)=C(C)CP(=O)(CC)CC. The summed E-state index contributed by atoms with van der Waals surface area (Å²) in [6, 6.07) is 0. The second kappa shape index (κ2) is 6.85. The van der Waals surface area contributed by atoms with Crippen molar-refractivity contribution in [2.24, 2.45) is 0 Å². The van der Waals surface area contributed by atoms with E-state index < -0.39 is 18.9 Å². The largest absolute Gasteiger partial charge is 0.461 e. The molecular weight excluding hydrogens is 230 g/mol. The normalized spacial score (nSPS) is 13.3. The Morgan fingerprint density at radius 3 is 2.12 bits per heavy atom. The number of halogens is 1. The minimum Gasteiger partial charge on any atom is -0.461 e. The van der Waals surface area contributed by atoms with Crippen molar-refractivity contribution in [1.29, 1.82) is 0 Å². The molecule has 0 bridgehead atoms. The molecule has 0 saturated carbocycles. The van der Waals surface area contributed by atoms with Crippen molar-refractivity contribution in [2.45, 2.75) is 27.7 Å². The average Bonchev–Trinajstić information content (AvgIpc) is 2.28. The zero-order valence-corrected chi connectivity index (χ0v) is 11.3. The molecule has 0 unspecified atom stereocenters. The third kappa shape index (κ3) is 4.48. The standard InChI is InChI=1S/C11H20FO3P/c1-5-15-11(13)10(12)9(4)8-16(14,6-2)7-3/h5-8H2,1-4H3. The van der Waals surface area contributed by atoms with Crippen LogP contribution in [-0.4, -0.2) is 31.1 Å². The van der Waals surface area contributed by atoms with Gasteiger partial charge >= 0.3 is 5.97 Å². The fourth-order valence-electron chi connectivity index (χ4n) is 1.32. The van der Waals surface area contributed by atoms with E-state index in [0.29, 0.717) is 12.3 Å². The predicted molar refractivity (Wildman–Crippen MR) is 64.0 cm³/mol. The summed E-state index contributed by atoms with van der Waals surface area (Å²) in [5, 5.41) is 0. The van der Waals surface area contributed by atoms with Crippen molar-refractivity contribution in [3.63, 3.8) is 0 Å². The zero-order chi connectivity index (χ0) is 12.8. The second-order valence-corrected chi connectivity index (χ2v) is 7.36. The molecule has 0 amide bonds. The van der Waals surface area contributed by atoms with Crippen LogP contribution in [0.5, 0.6) is 0 Å². The molecule has 0 aliphatic rings. The Balaban J connectivity index is 4.77. The van der Waals surface area contributed by atoms with E-state index in [4.69, 9.17) is 0 Å².